The van der Waals surface area contributed by atoms with Crippen LogP contribution in [-0.4, -0.2) is 21.0 Å². The number of hydrogen-bond donors (Lipinski definition) is 1. The molecule has 0 fully saturated rings. The molecule has 0 aliphatic carbocycles. The average molecular weight is 268 g/mol. The zero-order chi connectivity index (χ0) is 13.1. The van der Waals surface area contributed by atoms with Gasteiger partial charge in [-0.15, -0.1) is 0 Å². The smallest absolute Gasteiger partial charge is 0.357 e. The van der Waals surface area contributed by atoms with Crippen molar-refractivity contribution in [3.05, 3.63) is 47.9 Å². The van der Waals surface area contributed by atoms with E-state index in [1.54, 1.807) is 0 Å². The van der Waals surface area contributed by atoms with Crippen LogP contribution in [0.2, 0.25) is 0 Å². The normalized spacial score (nSPS) is 10.3. The molecule has 0 bridgehead atoms. The highest BCUT2D eigenvalue weighted by Gasteiger charge is 2.15. The highest BCUT2D eigenvalue weighted by atomic mass is 32.2. The van der Waals surface area contributed by atoms with Gasteiger partial charge in [0.15, 0.2) is 5.69 Å². The Kier molecular flexibility index (Phi) is 3.52. The summed E-state index contributed by atoms with van der Waals surface area (Å²) in [5.41, 5.74) is -0.272. The van der Waals surface area contributed by atoms with Gasteiger partial charge in [0, 0.05) is 23.4 Å². The van der Waals surface area contributed by atoms with Gasteiger partial charge in [0.1, 0.15) is 16.7 Å². The lowest BCUT2D eigenvalue weighted by Gasteiger charge is -2.04. The molecule has 4 nitrogen and oxygen atoms in total. The van der Waals surface area contributed by atoms with Crippen LogP contribution in [0.1, 0.15) is 10.5 Å². The molecule has 0 unspecified atom stereocenters. The SMILES string of the molecule is O=C(O)c1nccnc1Sc1ccc(F)cc1F. The quantitative estimate of drug-likeness (QED) is 0.927. The summed E-state index contributed by atoms with van der Waals surface area (Å²) in [6.45, 7) is 0. The van der Waals surface area contributed by atoms with Crippen molar-refractivity contribution < 1.29 is 18.7 Å². The van der Waals surface area contributed by atoms with Crippen LogP contribution in [0, 0.1) is 11.6 Å². The third-order valence-corrected chi connectivity index (χ3v) is 3.01. The molecule has 1 N–H and O–H groups in total. The van der Waals surface area contributed by atoms with E-state index in [4.69, 9.17) is 5.11 Å². The van der Waals surface area contributed by atoms with Crippen molar-refractivity contribution in [2.45, 2.75) is 9.92 Å². The van der Waals surface area contributed by atoms with E-state index in [0.717, 1.165) is 23.9 Å². The molecular formula is C11H6F2N2O2S. The van der Waals surface area contributed by atoms with E-state index in [0.29, 0.717) is 0 Å². The Morgan fingerprint density at radius 1 is 1.22 bits per heavy atom. The Morgan fingerprint density at radius 3 is 2.61 bits per heavy atom. The predicted octanol–water partition coefficient (Wildman–Crippen LogP) is 2.60. The fourth-order valence-corrected chi connectivity index (χ4v) is 2.06. The van der Waals surface area contributed by atoms with Crippen molar-refractivity contribution in [1.29, 1.82) is 0 Å². The zero-order valence-corrected chi connectivity index (χ0v) is 9.62. The van der Waals surface area contributed by atoms with Crippen LogP contribution < -0.4 is 0 Å². The third-order valence-electron chi connectivity index (χ3n) is 1.97. The van der Waals surface area contributed by atoms with E-state index in [9.17, 15) is 13.6 Å². The van der Waals surface area contributed by atoms with Crippen molar-refractivity contribution in [3.63, 3.8) is 0 Å². The fourth-order valence-electron chi connectivity index (χ4n) is 1.21. The fraction of sp³-hybridized carbons (Fsp3) is 0. The second-order valence-corrected chi connectivity index (χ2v) is 4.22. The summed E-state index contributed by atoms with van der Waals surface area (Å²) in [6.07, 6.45) is 2.53. The molecule has 0 radical (unpaired) electrons. The maximum atomic E-state index is 13.4. The molecular weight excluding hydrogens is 262 g/mol. The third kappa shape index (κ3) is 2.62. The number of rotatable bonds is 3. The maximum absolute atomic E-state index is 13.4. The van der Waals surface area contributed by atoms with E-state index in [2.05, 4.69) is 9.97 Å². The molecule has 2 aromatic rings. The van der Waals surface area contributed by atoms with Gasteiger partial charge in [0.25, 0.3) is 0 Å². The number of aromatic nitrogens is 2. The van der Waals surface area contributed by atoms with Crippen LogP contribution in [0.3, 0.4) is 0 Å². The lowest BCUT2D eigenvalue weighted by Crippen LogP contribution is -2.03. The first kappa shape index (κ1) is 12.4. The monoisotopic (exact) mass is 268 g/mol. The Morgan fingerprint density at radius 2 is 1.94 bits per heavy atom. The van der Waals surface area contributed by atoms with Crippen LogP contribution in [0.4, 0.5) is 8.78 Å². The van der Waals surface area contributed by atoms with Crippen LogP contribution in [0.15, 0.2) is 40.5 Å². The van der Waals surface area contributed by atoms with Crippen molar-refractivity contribution in [2.24, 2.45) is 0 Å². The van der Waals surface area contributed by atoms with Gasteiger partial charge in [-0.2, -0.15) is 0 Å². The number of carbonyl (C=O) groups is 1. The molecule has 0 atom stereocenters. The molecule has 2 rings (SSSR count). The number of halogens is 2. The molecule has 1 aromatic heterocycles. The summed E-state index contributed by atoms with van der Waals surface area (Å²) in [6, 6.07) is 3.02. The second-order valence-electron chi connectivity index (χ2n) is 3.19. The first-order valence-electron chi connectivity index (χ1n) is 4.75. The number of hydrogen-bond acceptors (Lipinski definition) is 4. The van der Waals surface area contributed by atoms with E-state index < -0.39 is 17.6 Å². The standard InChI is InChI=1S/C11H6F2N2O2S/c12-6-1-2-8(7(13)5-6)18-10-9(11(16)17)14-3-4-15-10/h1-5H,(H,16,17). The van der Waals surface area contributed by atoms with E-state index in [-0.39, 0.29) is 15.6 Å². The molecule has 0 aliphatic rings. The van der Waals surface area contributed by atoms with Crippen molar-refractivity contribution in [3.8, 4) is 0 Å². The molecule has 0 saturated carbocycles. The number of nitrogens with zero attached hydrogens (tertiary/aromatic N) is 2. The first-order chi connectivity index (χ1) is 8.58. The Bertz CT molecular complexity index is 607. The number of carboxylic acid groups (broad SMARTS) is 1. The average Bonchev–Trinajstić information content (AvgIpc) is 2.33. The number of carboxylic acids is 1. The molecule has 7 heteroatoms. The van der Waals surface area contributed by atoms with Gasteiger partial charge in [-0.3, -0.25) is 0 Å². The Balaban J connectivity index is 2.37. The van der Waals surface area contributed by atoms with E-state index in [1.807, 2.05) is 0 Å². The van der Waals surface area contributed by atoms with E-state index >= 15 is 0 Å². The molecule has 0 amide bonds. The molecule has 1 aromatic carbocycles. The van der Waals surface area contributed by atoms with Crippen molar-refractivity contribution in [2.75, 3.05) is 0 Å². The summed E-state index contributed by atoms with van der Waals surface area (Å²) in [7, 11) is 0. The molecule has 0 spiro atoms. The summed E-state index contributed by atoms with van der Waals surface area (Å²) in [4.78, 5) is 18.4. The summed E-state index contributed by atoms with van der Waals surface area (Å²) in [5.74, 6) is -2.73. The van der Waals surface area contributed by atoms with E-state index in [1.165, 1.54) is 18.5 Å². The molecule has 92 valence electrons. The minimum absolute atomic E-state index is 0.0514. The van der Waals surface area contributed by atoms with Gasteiger partial charge in [-0.1, -0.05) is 11.8 Å². The Hall–Kier alpha value is -2.02. The van der Waals surface area contributed by atoms with Gasteiger partial charge in [-0.05, 0) is 12.1 Å². The Labute approximate surface area is 105 Å². The predicted molar refractivity (Wildman–Crippen MR) is 59.5 cm³/mol. The second kappa shape index (κ2) is 5.09. The highest BCUT2D eigenvalue weighted by molar-refractivity contribution is 7.99. The lowest BCUT2D eigenvalue weighted by atomic mass is 10.3. The van der Waals surface area contributed by atoms with Crippen LogP contribution in [0.5, 0.6) is 0 Å². The van der Waals surface area contributed by atoms with Gasteiger partial charge in [0.05, 0.1) is 0 Å². The van der Waals surface area contributed by atoms with Gasteiger partial charge in [0.2, 0.25) is 0 Å². The first-order valence-corrected chi connectivity index (χ1v) is 5.57. The topological polar surface area (TPSA) is 63.1 Å². The van der Waals surface area contributed by atoms with Crippen molar-refractivity contribution >= 4 is 17.7 Å². The zero-order valence-electron chi connectivity index (χ0n) is 8.80. The molecule has 1 heterocycles. The maximum Gasteiger partial charge on any atom is 0.357 e. The highest BCUT2D eigenvalue weighted by Crippen LogP contribution is 2.30. The number of benzene rings is 1. The summed E-state index contributed by atoms with van der Waals surface area (Å²) in [5, 5.41) is 8.94. The largest absolute Gasteiger partial charge is 0.476 e. The molecule has 0 aliphatic heterocycles. The molecule has 0 saturated heterocycles. The summed E-state index contributed by atoms with van der Waals surface area (Å²) < 4.78 is 26.1. The molecule has 18 heavy (non-hydrogen) atoms. The number of aromatic carboxylic acids is 1. The lowest BCUT2D eigenvalue weighted by molar-refractivity contribution is 0.0685. The minimum Gasteiger partial charge on any atom is -0.476 e. The minimum atomic E-state index is -1.26. The van der Waals surface area contributed by atoms with Crippen LogP contribution in [0.25, 0.3) is 0 Å². The van der Waals surface area contributed by atoms with Crippen LogP contribution in [-0.2, 0) is 0 Å². The van der Waals surface area contributed by atoms with Crippen LogP contribution >= 0.6 is 11.8 Å². The summed E-state index contributed by atoms with van der Waals surface area (Å²) >= 11 is 0.782. The van der Waals surface area contributed by atoms with Gasteiger partial charge >= 0.3 is 5.97 Å². The van der Waals surface area contributed by atoms with Gasteiger partial charge < -0.3 is 5.11 Å². The van der Waals surface area contributed by atoms with Gasteiger partial charge in [-0.25, -0.2) is 23.5 Å². The van der Waals surface area contributed by atoms with Crippen molar-refractivity contribution in [1.82, 2.24) is 9.97 Å².